The van der Waals surface area contributed by atoms with E-state index in [1.807, 2.05) is 0 Å². The molecular weight excluding hydrogens is 272 g/mol. The molecule has 1 aromatic heterocycles. The standard InChI is InChI=1S/C14H20N4O3/c19-11(20)10-8-15-12(17-10)14(5-2-6-14)18-13(21)16-7-9-3-1-4-9/h8-9H,1-7H2,(H,15,17)(H,19,20)(H2,16,18,21). The van der Waals surface area contributed by atoms with Gasteiger partial charge in [-0.1, -0.05) is 6.42 Å². The van der Waals surface area contributed by atoms with Crippen LogP contribution in [0.2, 0.25) is 0 Å². The quantitative estimate of drug-likeness (QED) is 0.661. The van der Waals surface area contributed by atoms with Gasteiger partial charge in [0.15, 0.2) is 0 Å². The normalized spacial score (nSPS) is 20.2. The van der Waals surface area contributed by atoms with Crippen LogP contribution >= 0.6 is 0 Å². The SMILES string of the molecule is O=C(NCC1CCC1)NC1(c2ncc(C(=O)O)[nH]2)CCC1. The van der Waals surface area contributed by atoms with Gasteiger partial charge >= 0.3 is 12.0 Å². The molecule has 2 aliphatic carbocycles. The van der Waals surface area contributed by atoms with Crippen molar-refractivity contribution in [3.8, 4) is 0 Å². The highest BCUT2D eigenvalue weighted by Gasteiger charge is 2.43. The maximum absolute atomic E-state index is 12.0. The first kappa shape index (κ1) is 13.9. The molecule has 2 fully saturated rings. The van der Waals surface area contributed by atoms with Crippen LogP contribution < -0.4 is 10.6 Å². The van der Waals surface area contributed by atoms with E-state index >= 15 is 0 Å². The smallest absolute Gasteiger partial charge is 0.353 e. The molecule has 0 spiro atoms. The van der Waals surface area contributed by atoms with Crippen LogP contribution in [0.3, 0.4) is 0 Å². The summed E-state index contributed by atoms with van der Waals surface area (Å²) in [4.78, 5) is 29.9. The Morgan fingerprint density at radius 2 is 2.14 bits per heavy atom. The average molecular weight is 292 g/mol. The van der Waals surface area contributed by atoms with Gasteiger partial charge in [0.2, 0.25) is 0 Å². The van der Waals surface area contributed by atoms with E-state index in [1.54, 1.807) is 0 Å². The molecule has 0 bridgehead atoms. The summed E-state index contributed by atoms with van der Waals surface area (Å²) in [6, 6.07) is -0.199. The lowest BCUT2D eigenvalue weighted by Crippen LogP contribution is -2.55. The first-order chi connectivity index (χ1) is 10.1. The fraction of sp³-hybridized carbons (Fsp3) is 0.643. The lowest BCUT2D eigenvalue weighted by molar-refractivity contribution is 0.0690. The number of carboxylic acids is 1. The van der Waals surface area contributed by atoms with Gasteiger partial charge in [-0.05, 0) is 38.0 Å². The monoisotopic (exact) mass is 292 g/mol. The second kappa shape index (κ2) is 5.38. The highest BCUT2D eigenvalue weighted by Crippen LogP contribution is 2.39. The van der Waals surface area contributed by atoms with E-state index < -0.39 is 11.5 Å². The summed E-state index contributed by atoms with van der Waals surface area (Å²) < 4.78 is 0. The molecule has 0 aliphatic heterocycles. The molecule has 114 valence electrons. The predicted molar refractivity (Wildman–Crippen MR) is 75.0 cm³/mol. The minimum atomic E-state index is -1.04. The Balaban J connectivity index is 1.62. The van der Waals surface area contributed by atoms with Crippen molar-refractivity contribution in [3.05, 3.63) is 17.7 Å². The lowest BCUT2D eigenvalue weighted by Gasteiger charge is -2.40. The molecule has 21 heavy (non-hydrogen) atoms. The van der Waals surface area contributed by atoms with Crippen LogP contribution in [0, 0.1) is 5.92 Å². The number of nitrogens with one attached hydrogen (secondary N) is 3. The zero-order chi connectivity index (χ0) is 14.9. The predicted octanol–water partition coefficient (Wildman–Crippen LogP) is 1.59. The van der Waals surface area contributed by atoms with Crippen molar-refractivity contribution in [2.75, 3.05) is 6.54 Å². The van der Waals surface area contributed by atoms with Crippen LogP contribution in [-0.2, 0) is 5.54 Å². The fourth-order valence-electron chi connectivity index (χ4n) is 2.82. The number of rotatable bonds is 5. The molecule has 0 saturated heterocycles. The molecule has 1 heterocycles. The number of H-pyrrole nitrogens is 1. The number of nitrogens with zero attached hydrogens (tertiary/aromatic N) is 1. The first-order valence-electron chi connectivity index (χ1n) is 7.44. The van der Waals surface area contributed by atoms with Crippen LogP contribution in [0.5, 0.6) is 0 Å². The number of carbonyl (C=O) groups excluding carboxylic acids is 1. The molecule has 0 unspecified atom stereocenters. The van der Waals surface area contributed by atoms with E-state index in [0.29, 0.717) is 18.3 Å². The number of aromatic carboxylic acids is 1. The largest absolute Gasteiger partial charge is 0.477 e. The van der Waals surface area contributed by atoms with Crippen LogP contribution in [-0.4, -0.2) is 33.6 Å². The molecule has 7 nitrogen and oxygen atoms in total. The highest BCUT2D eigenvalue weighted by molar-refractivity contribution is 5.85. The highest BCUT2D eigenvalue weighted by atomic mass is 16.4. The van der Waals surface area contributed by atoms with E-state index in [-0.39, 0.29) is 11.7 Å². The van der Waals surface area contributed by atoms with Gasteiger partial charge in [0.25, 0.3) is 0 Å². The topological polar surface area (TPSA) is 107 Å². The van der Waals surface area contributed by atoms with Gasteiger partial charge in [-0.25, -0.2) is 14.6 Å². The van der Waals surface area contributed by atoms with Crippen molar-refractivity contribution in [1.29, 1.82) is 0 Å². The fourth-order valence-corrected chi connectivity index (χ4v) is 2.82. The molecule has 2 aliphatic rings. The van der Waals surface area contributed by atoms with E-state index in [4.69, 9.17) is 5.11 Å². The molecular formula is C14H20N4O3. The Kier molecular flexibility index (Phi) is 3.57. The molecule has 2 saturated carbocycles. The number of amides is 2. The number of aromatic amines is 1. The van der Waals surface area contributed by atoms with Gasteiger partial charge in [-0.2, -0.15) is 0 Å². The summed E-state index contributed by atoms with van der Waals surface area (Å²) in [7, 11) is 0. The summed E-state index contributed by atoms with van der Waals surface area (Å²) in [5.41, 5.74) is -0.495. The maximum Gasteiger partial charge on any atom is 0.353 e. The summed E-state index contributed by atoms with van der Waals surface area (Å²) in [5.74, 6) is 0.0953. The van der Waals surface area contributed by atoms with Crippen molar-refractivity contribution in [3.63, 3.8) is 0 Å². The summed E-state index contributed by atoms with van der Waals surface area (Å²) in [5, 5.41) is 14.8. The summed E-state index contributed by atoms with van der Waals surface area (Å²) in [6.07, 6.45) is 7.46. The number of carboxylic acid groups (broad SMARTS) is 1. The van der Waals surface area contributed by atoms with Gasteiger partial charge < -0.3 is 20.7 Å². The van der Waals surface area contributed by atoms with Crippen molar-refractivity contribution < 1.29 is 14.7 Å². The molecule has 2 amide bonds. The van der Waals surface area contributed by atoms with Crippen LogP contribution in [0.25, 0.3) is 0 Å². The number of carbonyl (C=O) groups is 2. The Morgan fingerprint density at radius 3 is 2.62 bits per heavy atom. The van der Waals surface area contributed by atoms with E-state index in [1.165, 1.54) is 25.5 Å². The van der Waals surface area contributed by atoms with Crippen molar-refractivity contribution in [1.82, 2.24) is 20.6 Å². The molecule has 1 aromatic rings. The van der Waals surface area contributed by atoms with Gasteiger partial charge in [0.05, 0.1) is 11.7 Å². The van der Waals surface area contributed by atoms with Gasteiger partial charge in [0, 0.05) is 6.54 Å². The number of aromatic nitrogens is 2. The van der Waals surface area contributed by atoms with Gasteiger partial charge in [-0.15, -0.1) is 0 Å². The number of hydrogen-bond donors (Lipinski definition) is 4. The zero-order valence-electron chi connectivity index (χ0n) is 11.8. The second-order valence-corrected chi connectivity index (χ2v) is 6.02. The Bertz CT molecular complexity index is 546. The Labute approximate surface area is 122 Å². The zero-order valence-corrected chi connectivity index (χ0v) is 11.8. The maximum atomic E-state index is 12.0. The average Bonchev–Trinajstić information content (AvgIpc) is 2.81. The van der Waals surface area contributed by atoms with Crippen molar-refractivity contribution in [2.45, 2.75) is 44.1 Å². The van der Waals surface area contributed by atoms with Gasteiger partial charge in [-0.3, -0.25) is 0 Å². The molecule has 3 rings (SSSR count). The van der Waals surface area contributed by atoms with Crippen LogP contribution in [0.1, 0.15) is 54.8 Å². The first-order valence-corrected chi connectivity index (χ1v) is 7.44. The van der Waals surface area contributed by atoms with E-state index in [2.05, 4.69) is 20.6 Å². The third kappa shape index (κ3) is 2.72. The lowest BCUT2D eigenvalue weighted by atomic mass is 9.76. The Hall–Kier alpha value is -2.05. The molecule has 7 heteroatoms. The molecule has 0 aromatic carbocycles. The van der Waals surface area contributed by atoms with Crippen LogP contribution in [0.4, 0.5) is 4.79 Å². The third-order valence-electron chi connectivity index (χ3n) is 4.60. The Morgan fingerprint density at radius 1 is 1.38 bits per heavy atom. The van der Waals surface area contributed by atoms with Crippen molar-refractivity contribution in [2.24, 2.45) is 5.92 Å². The van der Waals surface area contributed by atoms with Gasteiger partial charge in [0.1, 0.15) is 11.5 Å². The molecule has 0 atom stereocenters. The minimum Gasteiger partial charge on any atom is -0.477 e. The van der Waals surface area contributed by atoms with Crippen LogP contribution in [0.15, 0.2) is 6.20 Å². The number of urea groups is 1. The number of hydrogen-bond acceptors (Lipinski definition) is 3. The summed E-state index contributed by atoms with van der Waals surface area (Å²) >= 11 is 0. The molecule has 4 N–H and O–H groups in total. The minimum absolute atomic E-state index is 0.0490. The van der Waals surface area contributed by atoms with E-state index in [9.17, 15) is 9.59 Å². The summed E-state index contributed by atoms with van der Waals surface area (Å²) in [6.45, 7) is 0.709. The second-order valence-electron chi connectivity index (χ2n) is 6.02. The van der Waals surface area contributed by atoms with E-state index in [0.717, 1.165) is 19.3 Å². The number of imidazole rings is 1. The van der Waals surface area contributed by atoms with Crippen molar-refractivity contribution >= 4 is 12.0 Å². The third-order valence-corrected chi connectivity index (χ3v) is 4.60. The molecule has 0 radical (unpaired) electrons.